The zero-order chi connectivity index (χ0) is 12.9. The Bertz CT molecular complexity index is 661. The summed E-state index contributed by atoms with van der Waals surface area (Å²) in [4.78, 5) is 17.0. The number of aromatic nitrogens is 1. The fourth-order valence-electron chi connectivity index (χ4n) is 2.47. The maximum Gasteiger partial charge on any atom is 0.187 e. The molecule has 18 heavy (non-hydrogen) atoms. The number of carbonyl (C=O) groups is 1. The van der Waals surface area contributed by atoms with Crippen LogP contribution in [0.3, 0.4) is 0 Å². The van der Waals surface area contributed by atoms with E-state index in [4.69, 9.17) is 0 Å². The summed E-state index contributed by atoms with van der Waals surface area (Å²) in [7, 11) is 0. The van der Waals surface area contributed by atoms with E-state index in [1.54, 1.807) is 0 Å². The first-order valence-electron chi connectivity index (χ1n) is 6.12. The van der Waals surface area contributed by atoms with E-state index in [9.17, 15) is 4.79 Å². The van der Waals surface area contributed by atoms with E-state index >= 15 is 0 Å². The first kappa shape index (κ1) is 11.8. The molecule has 0 amide bonds. The number of ketones is 1. The molecule has 0 saturated heterocycles. The third kappa shape index (κ3) is 1.69. The minimum Gasteiger partial charge on any atom is -0.292 e. The topological polar surface area (TPSA) is 30.0 Å². The molecule has 1 aliphatic carbocycles. The van der Waals surface area contributed by atoms with Crippen molar-refractivity contribution in [3.8, 4) is 0 Å². The van der Waals surface area contributed by atoms with Crippen LogP contribution in [0.2, 0.25) is 0 Å². The summed E-state index contributed by atoms with van der Waals surface area (Å²) in [5, 5.41) is 1.09. The summed E-state index contributed by atoms with van der Waals surface area (Å²) >= 11 is 3.50. The highest BCUT2D eigenvalue weighted by Gasteiger charge is 2.35. The molecule has 1 aliphatic rings. The number of pyridine rings is 1. The van der Waals surface area contributed by atoms with E-state index in [-0.39, 0.29) is 11.2 Å². The maximum absolute atomic E-state index is 12.4. The van der Waals surface area contributed by atoms with Gasteiger partial charge in [-0.15, -0.1) is 0 Å². The minimum absolute atomic E-state index is 0.168. The molecule has 1 aromatic carbocycles. The van der Waals surface area contributed by atoms with Crippen LogP contribution >= 0.6 is 15.9 Å². The van der Waals surface area contributed by atoms with Crippen LogP contribution in [0.25, 0.3) is 10.9 Å². The summed E-state index contributed by atoms with van der Waals surface area (Å²) in [6.07, 6.45) is 1.84. The second-order valence-corrected chi connectivity index (χ2v) is 6.38. The lowest BCUT2D eigenvalue weighted by Crippen LogP contribution is -2.31. The summed E-state index contributed by atoms with van der Waals surface area (Å²) in [6, 6.07) is 8.10. The number of Topliss-reactive ketones (excluding diaryl/α,β-unsaturated/α-hetero) is 1. The van der Waals surface area contributed by atoms with Crippen LogP contribution in [0.5, 0.6) is 0 Å². The Morgan fingerprint density at radius 2 is 2.11 bits per heavy atom. The molecule has 0 N–H and O–H groups in total. The third-order valence-corrected chi connectivity index (χ3v) is 4.36. The van der Waals surface area contributed by atoms with Gasteiger partial charge in [0.25, 0.3) is 0 Å². The lowest BCUT2D eigenvalue weighted by Gasteiger charge is -2.29. The van der Waals surface area contributed by atoms with Crippen LogP contribution in [0, 0.1) is 5.41 Å². The highest BCUT2D eigenvalue weighted by molar-refractivity contribution is 9.10. The smallest absolute Gasteiger partial charge is 0.187 e. The predicted molar refractivity (Wildman–Crippen MR) is 75.9 cm³/mol. The zero-order valence-corrected chi connectivity index (χ0v) is 12.0. The van der Waals surface area contributed by atoms with Gasteiger partial charge in [-0.1, -0.05) is 26.0 Å². The highest BCUT2D eigenvalue weighted by atomic mass is 79.9. The maximum atomic E-state index is 12.4. The number of rotatable bonds is 0. The number of aryl methyl sites for hydroxylation is 1. The molecule has 0 atom stereocenters. The molecule has 0 aliphatic heterocycles. The number of para-hydroxylation sites is 1. The Labute approximate surface area is 115 Å². The molecule has 92 valence electrons. The Morgan fingerprint density at radius 3 is 2.89 bits per heavy atom. The number of benzene rings is 1. The standard InChI is InChI=1S/C15H14BrNO/c1-15(2)7-6-10-8-9-4-3-5-11(16)12(9)17-13(10)14(15)18/h3-5,8H,6-7H2,1-2H3. The number of nitrogens with zero attached hydrogens (tertiary/aromatic N) is 1. The fraction of sp³-hybridized carbons (Fsp3) is 0.333. The van der Waals surface area contributed by atoms with Crippen LogP contribution < -0.4 is 0 Å². The van der Waals surface area contributed by atoms with E-state index in [1.807, 2.05) is 32.0 Å². The third-order valence-electron chi connectivity index (χ3n) is 3.72. The minimum atomic E-state index is -0.283. The number of carbonyl (C=O) groups excluding carboxylic acids is 1. The van der Waals surface area contributed by atoms with Crippen molar-refractivity contribution >= 4 is 32.6 Å². The second kappa shape index (κ2) is 3.89. The van der Waals surface area contributed by atoms with Crippen molar-refractivity contribution in [2.24, 2.45) is 5.41 Å². The Balaban J connectivity index is 2.30. The van der Waals surface area contributed by atoms with Gasteiger partial charge in [-0.05, 0) is 46.5 Å². The molecule has 0 bridgehead atoms. The van der Waals surface area contributed by atoms with Crippen molar-refractivity contribution < 1.29 is 4.79 Å². The van der Waals surface area contributed by atoms with Gasteiger partial charge in [-0.25, -0.2) is 4.98 Å². The molecule has 0 spiro atoms. The molecule has 0 unspecified atom stereocenters. The van der Waals surface area contributed by atoms with Crippen LogP contribution in [-0.2, 0) is 6.42 Å². The molecular formula is C15H14BrNO. The van der Waals surface area contributed by atoms with E-state index in [2.05, 4.69) is 27.0 Å². The van der Waals surface area contributed by atoms with Crippen molar-refractivity contribution in [1.82, 2.24) is 4.98 Å². The molecule has 0 saturated carbocycles. The predicted octanol–water partition coefficient (Wildman–Crippen LogP) is 4.15. The van der Waals surface area contributed by atoms with E-state index < -0.39 is 0 Å². The van der Waals surface area contributed by atoms with Gasteiger partial charge in [0.2, 0.25) is 0 Å². The number of hydrogen-bond donors (Lipinski definition) is 0. The van der Waals surface area contributed by atoms with Crippen LogP contribution in [0.4, 0.5) is 0 Å². The Hall–Kier alpha value is -1.22. The average Bonchev–Trinajstić information content (AvgIpc) is 2.34. The van der Waals surface area contributed by atoms with Gasteiger partial charge in [0.05, 0.1) is 5.52 Å². The van der Waals surface area contributed by atoms with Gasteiger partial charge in [0, 0.05) is 15.3 Å². The molecule has 2 nitrogen and oxygen atoms in total. The monoisotopic (exact) mass is 303 g/mol. The first-order chi connectivity index (χ1) is 8.49. The van der Waals surface area contributed by atoms with E-state index in [1.165, 1.54) is 0 Å². The summed E-state index contributed by atoms with van der Waals surface area (Å²) in [5.41, 5.74) is 2.34. The first-order valence-corrected chi connectivity index (χ1v) is 6.91. The quantitative estimate of drug-likeness (QED) is 0.732. The van der Waals surface area contributed by atoms with Gasteiger partial charge in [0.1, 0.15) is 5.69 Å². The number of fused-ring (bicyclic) bond motifs is 2. The lowest BCUT2D eigenvalue weighted by molar-refractivity contribution is 0.0805. The normalized spacial score (nSPS) is 17.8. The Morgan fingerprint density at radius 1 is 1.33 bits per heavy atom. The van der Waals surface area contributed by atoms with Crippen molar-refractivity contribution in [2.45, 2.75) is 26.7 Å². The molecule has 0 radical (unpaired) electrons. The second-order valence-electron chi connectivity index (χ2n) is 5.52. The Kier molecular flexibility index (Phi) is 2.56. The molecular weight excluding hydrogens is 290 g/mol. The number of halogens is 1. The molecule has 3 rings (SSSR count). The van der Waals surface area contributed by atoms with Gasteiger partial charge < -0.3 is 0 Å². The van der Waals surface area contributed by atoms with Gasteiger partial charge in [-0.2, -0.15) is 0 Å². The largest absolute Gasteiger partial charge is 0.292 e. The fourth-order valence-corrected chi connectivity index (χ4v) is 2.94. The van der Waals surface area contributed by atoms with Crippen LogP contribution in [0.1, 0.15) is 36.3 Å². The van der Waals surface area contributed by atoms with Crippen LogP contribution in [-0.4, -0.2) is 10.8 Å². The summed E-state index contributed by atoms with van der Waals surface area (Å²) in [5.74, 6) is 0.168. The molecule has 1 heterocycles. The number of hydrogen-bond acceptors (Lipinski definition) is 2. The highest BCUT2D eigenvalue weighted by Crippen LogP contribution is 2.35. The van der Waals surface area contributed by atoms with Gasteiger partial charge in [-0.3, -0.25) is 4.79 Å². The summed E-state index contributed by atoms with van der Waals surface area (Å²) < 4.78 is 0.943. The summed E-state index contributed by atoms with van der Waals surface area (Å²) in [6.45, 7) is 4.01. The van der Waals surface area contributed by atoms with Crippen molar-refractivity contribution in [3.63, 3.8) is 0 Å². The van der Waals surface area contributed by atoms with Crippen molar-refractivity contribution in [1.29, 1.82) is 0 Å². The molecule has 2 aromatic rings. The SMILES string of the molecule is CC1(C)CCc2cc3cccc(Br)c3nc2C1=O. The lowest BCUT2D eigenvalue weighted by atomic mass is 9.75. The zero-order valence-electron chi connectivity index (χ0n) is 10.5. The molecule has 3 heteroatoms. The van der Waals surface area contributed by atoms with Crippen molar-refractivity contribution in [3.05, 3.63) is 40.0 Å². The van der Waals surface area contributed by atoms with Crippen molar-refractivity contribution in [2.75, 3.05) is 0 Å². The van der Waals surface area contributed by atoms with Gasteiger partial charge in [0.15, 0.2) is 5.78 Å². The van der Waals surface area contributed by atoms with Gasteiger partial charge >= 0.3 is 0 Å². The van der Waals surface area contributed by atoms with E-state index in [0.29, 0.717) is 5.69 Å². The van der Waals surface area contributed by atoms with E-state index in [0.717, 1.165) is 33.8 Å². The molecule has 0 fully saturated rings. The molecule has 1 aromatic heterocycles. The average molecular weight is 304 g/mol. The van der Waals surface area contributed by atoms with Crippen LogP contribution in [0.15, 0.2) is 28.7 Å².